The van der Waals surface area contributed by atoms with Crippen molar-refractivity contribution in [3.63, 3.8) is 0 Å². The van der Waals surface area contributed by atoms with E-state index in [0.29, 0.717) is 22.2 Å². The third kappa shape index (κ3) is 2.21. The molecular weight excluding hydrogens is 204 g/mol. The van der Waals surface area contributed by atoms with E-state index in [4.69, 9.17) is 32.1 Å². The lowest BCUT2D eigenvalue weighted by molar-refractivity contribution is 0.362. The topological polar surface area (TPSA) is 68.3 Å². The Morgan fingerprint density at radius 1 is 1.50 bits per heavy atom. The summed E-state index contributed by atoms with van der Waals surface area (Å²) in [5.41, 5.74) is 6.03. The molecule has 0 aliphatic heterocycles. The highest BCUT2D eigenvalue weighted by Crippen LogP contribution is 2.34. The maximum atomic E-state index is 8.33. The van der Waals surface area contributed by atoms with E-state index < -0.39 is 0 Å². The van der Waals surface area contributed by atoms with Gasteiger partial charge in [0.05, 0.1) is 17.8 Å². The Labute approximate surface area is 86.8 Å². The average Bonchev–Trinajstić information content (AvgIpc) is 2.17. The number of nitrogens with zero attached hydrogens (tertiary/aromatic N) is 1. The zero-order valence-corrected chi connectivity index (χ0v) is 8.34. The fraction of sp³-hybridized carbons (Fsp3) is 0.222. The summed E-state index contributed by atoms with van der Waals surface area (Å²) in [6.45, 7) is -0.0627. The molecule has 0 fully saturated rings. The Hall–Kier alpha value is -1.60. The van der Waals surface area contributed by atoms with E-state index in [0.717, 1.165) is 0 Å². The molecule has 0 spiro atoms. The van der Waals surface area contributed by atoms with Crippen LogP contribution in [0.1, 0.15) is 0 Å². The number of rotatable bonds is 3. The van der Waals surface area contributed by atoms with Gasteiger partial charge in [0.15, 0.2) is 6.61 Å². The first-order chi connectivity index (χ1) is 6.69. The van der Waals surface area contributed by atoms with Crippen LogP contribution >= 0.6 is 11.6 Å². The summed E-state index contributed by atoms with van der Waals surface area (Å²) < 4.78 is 10.0. The molecule has 0 aliphatic rings. The lowest BCUT2D eigenvalue weighted by atomic mass is 10.3. The molecule has 0 heterocycles. The Bertz CT molecular complexity index is 374. The molecule has 14 heavy (non-hydrogen) atoms. The molecule has 74 valence electrons. The summed E-state index contributed by atoms with van der Waals surface area (Å²) in [6, 6.07) is 4.91. The Morgan fingerprint density at radius 2 is 2.21 bits per heavy atom. The zero-order chi connectivity index (χ0) is 10.6. The second kappa shape index (κ2) is 4.58. The monoisotopic (exact) mass is 212 g/mol. The van der Waals surface area contributed by atoms with E-state index in [9.17, 15) is 0 Å². The summed E-state index contributed by atoms with van der Waals surface area (Å²) in [5, 5.41) is 8.69. The van der Waals surface area contributed by atoms with Gasteiger partial charge in [0.1, 0.15) is 17.6 Å². The lowest BCUT2D eigenvalue weighted by Crippen LogP contribution is -1.97. The van der Waals surface area contributed by atoms with Crippen LogP contribution in [0.3, 0.4) is 0 Å². The van der Waals surface area contributed by atoms with E-state index in [1.165, 1.54) is 13.2 Å². The van der Waals surface area contributed by atoms with Crippen molar-refractivity contribution in [1.82, 2.24) is 0 Å². The summed E-state index contributed by atoms with van der Waals surface area (Å²) in [6.07, 6.45) is 0. The molecular formula is C9H9ClN2O2. The molecule has 0 bridgehead atoms. The fourth-order valence-electron chi connectivity index (χ4n) is 0.948. The first-order valence-corrected chi connectivity index (χ1v) is 4.19. The van der Waals surface area contributed by atoms with Gasteiger partial charge in [-0.2, -0.15) is 5.26 Å². The number of nitrogen functional groups attached to an aromatic ring is 1. The van der Waals surface area contributed by atoms with Crippen molar-refractivity contribution in [2.75, 3.05) is 19.5 Å². The van der Waals surface area contributed by atoms with Gasteiger partial charge in [-0.15, -0.1) is 0 Å². The minimum atomic E-state index is -0.0627. The van der Waals surface area contributed by atoms with Crippen molar-refractivity contribution in [3.8, 4) is 17.6 Å². The standard InChI is InChI=1S/C9H9ClN2O2/c1-13-9-5-8(14-3-2-11)6(10)4-7(9)12/h4-5H,3,12H2,1H3. The Morgan fingerprint density at radius 3 is 2.79 bits per heavy atom. The smallest absolute Gasteiger partial charge is 0.174 e. The number of methoxy groups -OCH3 is 1. The number of benzene rings is 1. The normalized spacial score (nSPS) is 9.21. The molecule has 0 saturated carbocycles. The Balaban J connectivity index is 2.99. The molecule has 0 saturated heterocycles. The number of hydrogen-bond donors (Lipinski definition) is 1. The molecule has 4 nitrogen and oxygen atoms in total. The van der Waals surface area contributed by atoms with Gasteiger partial charge in [-0.3, -0.25) is 0 Å². The quantitative estimate of drug-likeness (QED) is 0.777. The van der Waals surface area contributed by atoms with Gasteiger partial charge in [0.25, 0.3) is 0 Å². The molecule has 1 aromatic rings. The van der Waals surface area contributed by atoms with E-state index in [1.807, 2.05) is 6.07 Å². The number of nitriles is 1. The van der Waals surface area contributed by atoms with E-state index in [2.05, 4.69) is 0 Å². The van der Waals surface area contributed by atoms with Gasteiger partial charge < -0.3 is 15.2 Å². The molecule has 0 radical (unpaired) electrons. The lowest BCUT2D eigenvalue weighted by Gasteiger charge is -2.09. The van der Waals surface area contributed by atoms with E-state index in [-0.39, 0.29) is 6.61 Å². The molecule has 2 N–H and O–H groups in total. The van der Waals surface area contributed by atoms with Crippen molar-refractivity contribution >= 4 is 17.3 Å². The van der Waals surface area contributed by atoms with Crippen molar-refractivity contribution < 1.29 is 9.47 Å². The maximum Gasteiger partial charge on any atom is 0.174 e. The van der Waals surface area contributed by atoms with Gasteiger partial charge in [0.2, 0.25) is 0 Å². The molecule has 0 atom stereocenters. The largest absolute Gasteiger partial charge is 0.494 e. The van der Waals surface area contributed by atoms with E-state index >= 15 is 0 Å². The van der Waals surface area contributed by atoms with Gasteiger partial charge in [-0.25, -0.2) is 0 Å². The van der Waals surface area contributed by atoms with Crippen LogP contribution in [-0.4, -0.2) is 13.7 Å². The zero-order valence-electron chi connectivity index (χ0n) is 7.58. The summed E-state index contributed by atoms with van der Waals surface area (Å²) in [5.74, 6) is 0.863. The van der Waals surface area contributed by atoms with Gasteiger partial charge in [-0.1, -0.05) is 11.6 Å². The van der Waals surface area contributed by atoms with Crippen LogP contribution in [0.4, 0.5) is 5.69 Å². The highest BCUT2D eigenvalue weighted by molar-refractivity contribution is 6.32. The predicted molar refractivity (Wildman–Crippen MR) is 53.5 cm³/mol. The number of nitrogens with two attached hydrogens (primary N) is 1. The van der Waals surface area contributed by atoms with Crippen molar-refractivity contribution in [2.24, 2.45) is 0 Å². The molecule has 1 rings (SSSR count). The second-order valence-electron chi connectivity index (χ2n) is 2.47. The first kappa shape index (κ1) is 10.5. The molecule has 0 unspecified atom stereocenters. The van der Waals surface area contributed by atoms with Crippen LogP contribution in [0.15, 0.2) is 12.1 Å². The van der Waals surface area contributed by atoms with Crippen molar-refractivity contribution in [1.29, 1.82) is 5.26 Å². The molecule has 0 aliphatic carbocycles. The SMILES string of the molecule is COc1cc(OCC#N)c(Cl)cc1N. The first-order valence-electron chi connectivity index (χ1n) is 3.81. The fourth-order valence-corrected chi connectivity index (χ4v) is 1.17. The predicted octanol–water partition coefficient (Wildman–Crippen LogP) is 1.83. The molecule has 0 amide bonds. The molecule has 5 heteroatoms. The van der Waals surface area contributed by atoms with Gasteiger partial charge >= 0.3 is 0 Å². The van der Waals surface area contributed by atoms with Crippen LogP contribution in [-0.2, 0) is 0 Å². The Kier molecular flexibility index (Phi) is 3.43. The average molecular weight is 213 g/mol. The molecule has 0 aromatic heterocycles. The van der Waals surface area contributed by atoms with E-state index in [1.54, 1.807) is 6.07 Å². The minimum Gasteiger partial charge on any atom is -0.494 e. The maximum absolute atomic E-state index is 8.33. The number of halogens is 1. The van der Waals surface area contributed by atoms with Gasteiger partial charge in [-0.05, 0) is 6.07 Å². The summed E-state index contributed by atoms with van der Waals surface area (Å²) in [7, 11) is 1.49. The van der Waals surface area contributed by atoms with Crippen LogP contribution in [0, 0.1) is 11.3 Å². The van der Waals surface area contributed by atoms with Crippen LogP contribution in [0.25, 0.3) is 0 Å². The number of anilines is 1. The van der Waals surface area contributed by atoms with Crippen LogP contribution in [0.5, 0.6) is 11.5 Å². The van der Waals surface area contributed by atoms with Crippen molar-refractivity contribution in [2.45, 2.75) is 0 Å². The van der Waals surface area contributed by atoms with Crippen LogP contribution in [0.2, 0.25) is 5.02 Å². The van der Waals surface area contributed by atoms with Crippen LogP contribution < -0.4 is 15.2 Å². The van der Waals surface area contributed by atoms with Gasteiger partial charge in [0, 0.05) is 6.07 Å². The number of hydrogen-bond acceptors (Lipinski definition) is 4. The molecule has 1 aromatic carbocycles. The summed E-state index contributed by atoms with van der Waals surface area (Å²) in [4.78, 5) is 0. The highest BCUT2D eigenvalue weighted by atomic mass is 35.5. The third-order valence-electron chi connectivity index (χ3n) is 1.58. The highest BCUT2D eigenvalue weighted by Gasteiger charge is 2.07. The third-order valence-corrected chi connectivity index (χ3v) is 1.87. The summed E-state index contributed by atoms with van der Waals surface area (Å²) >= 11 is 5.82. The number of ether oxygens (including phenoxy) is 2. The van der Waals surface area contributed by atoms with Crippen molar-refractivity contribution in [3.05, 3.63) is 17.2 Å². The minimum absolute atomic E-state index is 0.0627. The second-order valence-corrected chi connectivity index (χ2v) is 2.88.